The van der Waals surface area contributed by atoms with E-state index in [1.165, 1.54) is 0 Å². The average Bonchev–Trinajstić information content (AvgIpc) is 2.36. The maximum atomic E-state index is 10.9. The molecule has 2 aromatic rings. The van der Waals surface area contributed by atoms with Crippen LogP contribution in [0.2, 0.25) is 0 Å². The number of benzene rings is 2. The highest BCUT2D eigenvalue weighted by molar-refractivity contribution is 5.88. The van der Waals surface area contributed by atoms with E-state index in [2.05, 4.69) is 0 Å². The molecule has 94 valence electrons. The predicted molar refractivity (Wildman–Crippen MR) is 73.0 cm³/mol. The third kappa shape index (κ3) is 2.53. The number of likely N-dealkylation sites (N-methyl/N-ethyl adjacent to an activating group) is 1. The van der Waals surface area contributed by atoms with E-state index < -0.39 is 0 Å². The van der Waals surface area contributed by atoms with Crippen molar-refractivity contribution in [2.75, 3.05) is 25.6 Å². The average molecular weight is 244 g/mol. The van der Waals surface area contributed by atoms with Crippen molar-refractivity contribution >= 4 is 22.4 Å². The lowest BCUT2D eigenvalue weighted by Crippen LogP contribution is -2.30. The van der Waals surface area contributed by atoms with Crippen LogP contribution in [0.4, 0.5) is 5.69 Å². The number of carbonyl (C=O) groups excluding carboxylic acids is 1. The minimum atomic E-state index is -0.340. The number of anilines is 1. The number of rotatable bonds is 4. The second-order valence-electron chi connectivity index (χ2n) is 4.22. The molecule has 1 amide bonds. The summed E-state index contributed by atoms with van der Waals surface area (Å²) >= 11 is 0. The molecule has 0 heterocycles. The zero-order valence-electron chi connectivity index (χ0n) is 10.5. The van der Waals surface area contributed by atoms with E-state index in [1.807, 2.05) is 48.3 Å². The van der Waals surface area contributed by atoms with Crippen LogP contribution in [0.15, 0.2) is 36.4 Å². The predicted octanol–water partition coefficient (Wildman–Crippen LogP) is 1.77. The Morgan fingerprint density at radius 1 is 1.22 bits per heavy atom. The minimum Gasteiger partial charge on any atom is -0.497 e. The number of amides is 1. The van der Waals surface area contributed by atoms with Gasteiger partial charge in [0.1, 0.15) is 5.75 Å². The number of nitrogens with zero attached hydrogens (tertiary/aromatic N) is 1. The third-order valence-electron chi connectivity index (χ3n) is 2.86. The van der Waals surface area contributed by atoms with Crippen LogP contribution in [0.3, 0.4) is 0 Å². The molecular formula is C14H16N2O2. The number of primary amides is 1. The van der Waals surface area contributed by atoms with E-state index in [4.69, 9.17) is 10.5 Å². The van der Waals surface area contributed by atoms with Gasteiger partial charge < -0.3 is 15.4 Å². The van der Waals surface area contributed by atoms with Gasteiger partial charge in [-0.2, -0.15) is 0 Å². The Balaban J connectivity index is 2.35. The molecule has 2 N–H and O–H groups in total. The molecule has 0 atom stereocenters. The van der Waals surface area contributed by atoms with Crippen molar-refractivity contribution in [1.82, 2.24) is 0 Å². The van der Waals surface area contributed by atoms with E-state index in [0.717, 1.165) is 22.2 Å². The van der Waals surface area contributed by atoms with Crippen molar-refractivity contribution in [1.29, 1.82) is 0 Å². The summed E-state index contributed by atoms with van der Waals surface area (Å²) in [6.07, 6.45) is 0. The Hall–Kier alpha value is -2.23. The molecule has 2 rings (SSSR count). The minimum absolute atomic E-state index is 0.210. The number of hydrogen-bond acceptors (Lipinski definition) is 3. The lowest BCUT2D eigenvalue weighted by atomic mass is 10.1. The number of carbonyl (C=O) groups is 1. The van der Waals surface area contributed by atoms with Gasteiger partial charge in [0, 0.05) is 12.7 Å². The van der Waals surface area contributed by atoms with Gasteiger partial charge in [0.2, 0.25) is 5.91 Å². The van der Waals surface area contributed by atoms with Crippen LogP contribution >= 0.6 is 0 Å². The first kappa shape index (κ1) is 12.2. The number of nitrogens with two attached hydrogens (primary N) is 1. The van der Waals surface area contributed by atoms with Gasteiger partial charge in [-0.15, -0.1) is 0 Å². The SMILES string of the molecule is COc1ccc2cc(N(C)CC(N)=O)ccc2c1. The Labute approximate surface area is 106 Å². The fourth-order valence-corrected chi connectivity index (χ4v) is 1.90. The standard InChI is InChI=1S/C14H16N2O2/c1-16(9-14(15)17)12-5-3-11-8-13(18-2)6-4-10(11)7-12/h3-8H,9H2,1-2H3,(H2,15,17). The molecule has 18 heavy (non-hydrogen) atoms. The second kappa shape index (κ2) is 4.96. The molecule has 0 saturated carbocycles. The molecular weight excluding hydrogens is 228 g/mol. The summed E-state index contributed by atoms with van der Waals surface area (Å²) in [7, 11) is 3.49. The molecule has 0 unspecified atom stereocenters. The molecule has 4 heteroatoms. The fraction of sp³-hybridized carbons (Fsp3) is 0.214. The number of fused-ring (bicyclic) bond motifs is 1. The number of methoxy groups -OCH3 is 1. The Morgan fingerprint density at radius 2 is 1.89 bits per heavy atom. The van der Waals surface area contributed by atoms with Crippen LogP contribution < -0.4 is 15.4 Å². The van der Waals surface area contributed by atoms with Crippen LogP contribution in [0.1, 0.15) is 0 Å². The first-order valence-electron chi connectivity index (χ1n) is 5.67. The second-order valence-corrected chi connectivity index (χ2v) is 4.22. The monoisotopic (exact) mass is 244 g/mol. The summed E-state index contributed by atoms with van der Waals surface area (Å²) in [5, 5.41) is 2.20. The van der Waals surface area contributed by atoms with Crippen LogP contribution in [0, 0.1) is 0 Å². The lowest BCUT2D eigenvalue weighted by molar-refractivity contribution is -0.116. The summed E-state index contributed by atoms with van der Waals surface area (Å²) < 4.78 is 5.18. The van der Waals surface area contributed by atoms with Gasteiger partial charge in [-0.3, -0.25) is 4.79 Å². The Bertz CT molecular complexity index is 581. The number of ether oxygens (including phenoxy) is 1. The smallest absolute Gasteiger partial charge is 0.236 e. The van der Waals surface area contributed by atoms with E-state index in [0.29, 0.717) is 0 Å². The highest BCUT2D eigenvalue weighted by Crippen LogP contribution is 2.25. The van der Waals surface area contributed by atoms with Crippen molar-refractivity contribution < 1.29 is 9.53 Å². The quantitative estimate of drug-likeness (QED) is 0.891. The van der Waals surface area contributed by atoms with E-state index in [-0.39, 0.29) is 12.5 Å². The van der Waals surface area contributed by atoms with Gasteiger partial charge in [0.05, 0.1) is 13.7 Å². The van der Waals surface area contributed by atoms with Gasteiger partial charge in [-0.1, -0.05) is 12.1 Å². The van der Waals surface area contributed by atoms with Crippen LogP contribution in [0.25, 0.3) is 10.8 Å². The van der Waals surface area contributed by atoms with E-state index >= 15 is 0 Å². The van der Waals surface area contributed by atoms with Crippen LogP contribution in [-0.4, -0.2) is 26.6 Å². The van der Waals surface area contributed by atoms with Gasteiger partial charge in [-0.25, -0.2) is 0 Å². The largest absolute Gasteiger partial charge is 0.497 e. The maximum Gasteiger partial charge on any atom is 0.236 e. The molecule has 0 aliphatic rings. The molecule has 0 fully saturated rings. The summed E-state index contributed by atoms with van der Waals surface area (Å²) in [4.78, 5) is 12.7. The summed E-state index contributed by atoms with van der Waals surface area (Å²) in [6.45, 7) is 0.210. The molecule has 0 radical (unpaired) electrons. The maximum absolute atomic E-state index is 10.9. The van der Waals surface area contributed by atoms with Crippen molar-refractivity contribution in [3.8, 4) is 5.75 Å². The third-order valence-corrected chi connectivity index (χ3v) is 2.86. The summed E-state index contributed by atoms with van der Waals surface area (Å²) in [6, 6.07) is 11.9. The lowest BCUT2D eigenvalue weighted by Gasteiger charge is -2.17. The molecule has 0 aliphatic carbocycles. The highest BCUT2D eigenvalue weighted by atomic mass is 16.5. The van der Waals surface area contributed by atoms with Crippen molar-refractivity contribution in [3.05, 3.63) is 36.4 Å². The van der Waals surface area contributed by atoms with Gasteiger partial charge in [0.15, 0.2) is 0 Å². The van der Waals surface area contributed by atoms with Gasteiger partial charge >= 0.3 is 0 Å². The zero-order valence-corrected chi connectivity index (χ0v) is 10.5. The molecule has 0 spiro atoms. The Kier molecular flexibility index (Phi) is 3.37. The van der Waals surface area contributed by atoms with Gasteiger partial charge in [0.25, 0.3) is 0 Å². The molecule has 0 aromatic heterocycles. The zero-order chi connectivity index (χ0) is 13.1. The summed E-state index contributed by atoms with van der Waals surface area (Å²) in [5.41, 5.74) is 6.15. The van der Waals surface area contributed by atoms with Crippen molar-refractivity contribution in [2.24, 2.45) is 5.73 Å². The van der Waals surface area contributed by atoms with E-state index in [1.54, 1.807) is 7.11 Å². The van der Waals surface area contributed by atoms with Crippen LogP contribution in [-0.2, 0) is 4.79 Å². The highest BCUT2D eigenvalue weighted by Gasteiger charge is 2.05. The van der Waals surface area contributed by atoms with Gasteiger partial charge in [-0.05, 0) is 35.0 Å². The van der Waals surface area contributed by atoms with Crippen molar-refractivity contribution in [2.45, 2.75) is 0 Å². The Morgan fingerprint density at radius 3 is 2.56 bits per heavy atom. The van der Waals surface area contributed by atoms with Crippen LogP contribution in [0.5, 0.6) is 5.75 Å². The van der Waals surface area contributed by atoms with Crippen molar-refractivity contribution in [3.63, 3.8) is 0 Å². The normalized spacial score (nSPS) is 10.3. The first-order chi connectivity index (χ1) is 8.60. The van der Waals surface area contributed by atoms with E-state index in [9.17, 15) is 4.79 Å². The molecule has 0 bridgehead atoms. The fourth-order valence-electron chi connectivity index (χ4n) is 1.90. The molecule has 4 nitrogen and oxygen atoms in total. The topological polar surface area (TPSA) is 55.6 Å². The molecule has 2 aromatic carbocycles. The molecule has 0 aliphatic heterocycles. The summed E-state index contributed by atoms with van der Waals surface area (Å²) in [5.74, 6) is 0.494. The first-order valence-corrected chi connectivity index (χ1v) is 5.67. The number of hydrogen-bond donors (Lipinski definition) is 1. The molecule has 0 saturated heterocycles.